The van der Waals surface area contributed by atoms with E-state index in [4.69, 9.17) is 19.9 Å². The molecule has 0 amide bonds. The van der Waals surface area contributed by atoms with E-state index in [0.29, 0.717) is 0 Å². The molecule has 0 bridgehead atoms. The van der Waals surface area contributed by atoms with Crippen LogP contribution in [0.5, 0.6) is 0 Å². The van der Waals surface area contributed by atoms with Crippen LogP contribution >= 0.6 is 0 Å². The molecule has 0 radical (unpaired) electrons. The summed E-state index contributed by atoms with van der Waals surface area (Å²) in [5.74, 6) is 0. The summed E-state index contributed by atoms with van der Waals surface area (Å²) in [4.78, 5) is 25.3. The maximum absolute atomic E-state index is 5.38. The van der Waals surface area contributed by atoms with Gasteiger partial charge in [-0.2, -0.15) is 0 Å². The lowest BCUT2D eigenvalue weighted by atomic mass is 10.0. The van der Waals surface area contributed by atoms with E-state index in [0.717, 1.165) is 101 Å². The summed E-state index contributed by atoms with van der Waals surface area (Å²) in [7, 11) is 0. The van der Waals surface area contributed by atoms with Crippen molar-refractivity contribution >= 4 is 111 Å². The molecule has 16 aromatic rings. The van der Waals surface area contributed by atoms with Gasteiger partial charge in [-0.05, 0) is 159 Å². The van der Waals surface area contributed by atoms with Gasteiger partial charge in [0, 0.05) is 90.0 Å². The van der Waals surface area contributed by atoms with Crippen molar-refractivity contribution in [3.05, 3.63) is 290 Å². The minimum atomic E-state index is 0.794. The van der Waals surface area contributed by atoms with Crippen LogP contribution in [0.25, 0.3) is 110 Å². The van der Waals surface area contributed by atoms with Crippen LogP contribution in [0.15, 0.2) is 279 Å². The zero-order valence-corrected chi connectivity index (χ0v) is 46.1. The Balaban J connectivity index is 0.785. The van der Waals surface area contributed by atoms with Crippen LogP contribution in [0, 0.1) is 13.8 Å². The maximum atomic E-state index is 5.38. The van der Waals surface area contributed by atoms with Gasteiger partial charge in [0.05, 0.1) is 66.9 Å². The lowest BCUT2D eigenvalue weighted by molar-refractivity contribution is 1.17. The van der Waals surface area contributed by atoms with Gasteiger partial charge in [-0.3, -0.25) is 9.97 Å². The zero-order valence-electron chi connectivity index (χ0n) is 46.1. The van der Waals surface area contributed by atoms with Crippen LogP contribution in [0.2, 0.25) is 0 Å². The van der Waals surface area contributed by atoms with Crippen molar-refractivity contribution < 1.29 is 0 Å². The lowest BCUT2D eigenvalue weighted by Crippen LogP contribution is -2.11. The summed E-state index contributed by atoms with van der Waals surface area (Å²) < 4.78 is 4.74. The summed E-state index contributed by atoms with van der Waals surface area (Å²) >= 11 is 0. The standard InChI is InChI=1S/C76H52N8/c1-49-25-43-69-63(47-49)61-17-3-7-21-67(61)83(69)59-39-35-57(36-40-59)81(71-23-9-13-51-15-11-45-77-73(51)71)55-31-27-53(28-32-55)75-76(80-66-20-6-5-19-65(66)79-75)54-29-33-56(34-30-54)82(72-24-10-14-52-16-12-46-78-74(52)72)58-37-41-60(42-38-58)84-68-22-8-4-18-62(68)64-48-50(2)26-44-70(64)84/h3-48H,1-2H3. The largest absolute Gasteiger partial charge is 0.309 e. The second-order valence-corrected chi connectivity index (χ2v) is 21.7. The second-order valence-electron chi connectivity index (χ2n) is 21.7. The molecule has 11 aromatic carbocycles. The van der Waals surface area contributed by atoms with Crippen LogP contribution in [0.1, 0.15) is 11.1 Å². The Morgan fingerprint density at radius 1 is 0.310 bits per heavy atom. The highest BCUT2D eigenvalue weighted by molar-refractivity contribution is 6.11. The highest BCUT2D eigenvalue weighted by atomic mass is 15.2. The third-order valence-electron chi connectivity index (χ3n) is 16.5. The molecule has 5 aromatic heterocycles. The lowest BCUT2D eigenvalue weighted by Gasteiger charge is -2.27. The smallest absolute Gasteiger partial charge is 0.0973 e. The predicted octanol–water partition coefficient (Wildman–Crippen LogP) is 19.8. The van der Waals surface area contributed by atoms with Gasteiger partial charge < -0.3 is 18.9 Å². The maximum Gasteiger partial charge on any atom is 0.0973 e. The van der Waals surface area contributed by atoms with Gasteiger partial charge in [0.2, 0.25) is 0 Å². The summed E-state index contributed by atoms with van der Waals surface area (Å²) in [5.41, 5.74) is 22.3. The highest BCUT2D eigenvalue weighted by Gasteiger charge is 2.22. The molecular weight excluding hydrogens is 1020 g/mol. The van der Waals surface area contributed by atoms with Gasteiger partial charge in [-0.15, -0.1) is 0 Å². The van der Waals surface area contributed by atoms with Crippen molar-refractivity contribution in [1.29, 1.82) is 0 Å². The molecule has 5 heterocycles. The average molecular weight is 1080 g/mol. The van der Waals surface area contributed by atoms with Gasteiger partial charge in [0.25, 0.3) is 0 Å². The minimum Gasteiger partial charge on any atom is -0.309 e. The van der Waals surface area contributed by atoms with Crippen molar-refractivity contribution in [2.75, 3.05) is 9.80 Å². The fourth-order valence-corrected chi connectivity index (χ4v) is 12.6. The van der Waals surface area contributed by atoms with Crippen molar-refractivity contribution in [3.8, 4) is 33.9 Å². The van der Waals surface area contributed by atoms with E-state index in [9.17, 15) is 0 Å². The number of aryl methyl sites for hydroxylation is 2. The van der Waals surface area contributed by atoms with Gasteiger partial charge >= 0.3 is 0 Å². The van der Waals surface area contributed by atoms with Crippen molar-refractivity contribution in [2.45, 2.75) is 13.8 Å². The molecule has 396 valence electrons. The molecular formula is C76H52N8. The first-order chi connectivity index (χ1) is 41.5. The number of aromatic nitrogens is 6. The third kappa shape index (κ3) is 8.14. The molecule has 8 heteroatoms. The minimum absolute atomic E-state index is 0.794. The molecule has 0 saturated carbocycles. The predicted molar refractivity (Wildman–Crippen MR) is 349 cm³/mol. The normalized spacial score (nSPS) is 11.7. The Labute approximate surface area is 485 Å². The first kappa shape index (κ1) is 48.7. The first-order valence-electron chi connectivity index (χ1n) is 28.4. The molecule has 0 spiro atoms. The molecule has 0 saturated heterocycles. The van der Waals surface area contributed by atoms with Crippen molar-refractivity contribution in [1.82, 2.24) is 29.1 Å². The molecule has 0 aliphatic carbocycles. The number of para-hydroxylation sites is 6. The van der Waals surface area contributed by atoms with E-state index < -0.39 is 0 Å². The quantitative estimate of drug-likeness (QED) is 0.136. The van der Waals surface area contributed by atoms with Crippen LogP contribution in [-0.4, -0.2) is 29.1 Å². The van der Waals surface area contributed by atoms with Crippen LogP contribution < -0.4 is 9.80 Å². The Hall–Kier alpha value is -11.2. The molecule has 0 aliphatic rings. The van der Waals surface area contributed by atoms with Crippen molar-refractivity contribution in [2.24, 2.45) is 0 Å². The van der Waals surface area contributed by atoms with E-state index in [1.54, 1.807) is 0 Å². The van der Waals surface area contributed by atoms with Gasteiger partial charge in [-0.1, -0.05) is 132 Å². The Morgan fingerprint density at radius 2 is 0.679 bits per heavy atom. The average Bonchev–Trinajstić information content (AvgIpc) is 2.77. The molecule has 0 N–H and O–H groups in total. The Bertz CT molecular complexity index is 4880. The zero-order chi connectivity index (χ0) is 55.8. The summed E-state index contributed by atoms with van der Waals surface area (Å²) in [6.45, 7) is 4.32. The Kier molecular flexibility index (Phi) is 11.5. The fourth-order valence-electron chi connectivity index (χ4n) is 12.6. The SMILES string of the molecule is Cc1ccc2c(c1)c1ccccc1n2-c1ccc(N(c2ccc(-c3nc4ccccc4nc3-c3ccc(N(c4ccc(-n5c6ccccc6c6cc(C)ccc65)cc4)c4cccc5cccnc45)cc3)cc2)c2cccc3cccnc23)cc1. The Morgan fingerprint density at radius 3 is 1.11 bits per heavy atom. The molecule has 0 unspecified atom stereocenters. The fraction of sp³-hybridized carbons (Fsp3) is 0.0263. The number of anilines is 6. The van der Waals surface area contributed by atoms with Gasteiger partial charge in [0.1, 0.15) is 0 Å². The number of rotatable bonds is 10. The van der Waals surface area contributed by atoms with Crippen LogP contribution in [0.3, 0.4) is 0 Å². The molecule has 0 aliphatic heterocycles. The molecule has 0 atom stereocenters. The van der Waals surface area contributed by atoms with Crippen molar-refractivity contribution in [3.63, 3.8) is 0 Å². The van der Waals surface area contributed by atoms with Gasteiger partial charge in [-0.25, -0.2) is 9.97 Å². The summed E-state index contributed by atoms with van der Waals surface area (Å²) in [5, 5.41) is 7.11. The molecule has 0 fully saturated rings. The second kappa shape index (κ2) is 19.8. The number of pyridine rings is 2. The number of nitrogens with zero attached hydrogens (tertiary/aromatic N) is 8. The number of hydrogen-bond acceptors (Lipinski definition) is 6. The molecule has 84 heavy (non-hydrogen) atoms. The summed E-state index contributed by atoms with van der Waals surface area (Å²) in [6.07, 6.45) is 3.74. The monoisotopic (exact) mass is 1080 g/mol. The third-order valence-corrected chi connectivity index (χ3v) is 16.5. The topological polar surface area (TPSA) is 67.9 Å². The summed E-state index contributed by atoms with van der Waals surface area (Å²) in [6, 6.07) is 95.2. The first-order valence-corrected chi connectivity index (χ1v) is 28.4. The number of hydrogen-bond donors (Lipinski definition) is 0. The number of fused-ring (bicyclic) bond motifs is 9. The van der Waals surface area contributed by atoms with E-state index in [-0.39, 0.29) is 0 Å². The van der Waals surface area contributed by atoms with E-state index in [2.05, 4.69) is 263 Å². The molecule has 16 rings (SSSR count). The van der Waals surface area contributed by atoms with E-state index in [1.807, 2.05) is 48.8 Å². The highest BCUT2D eigenvalue weighted by Crippen LogP contribution is 2.44. The van der Waals surface area contributed by atoms with Gasteiger partial charge in [0.15, 0.2) is 0 Å². The van der Waals surface area contributed by atoms with Crippen LogP contribution in [0.4, 0.5) is 34.1 Å². The van der Waals surface area contributed by atoms with E-state index >= 15 is 0 Å². The van der Waals surface area contributed by atoms with Crippen LogP contribution in [-0.2, 0) is 0 Å². The molecule has 8 nitrogen and oxygen atoms in total. The number of benzene rings is 11. The van der Waals surface area contributed by atoms with E-state index in [1.165, 1.54) is 54.7 Å².